The maximum absolute atomic E-state index is 12.4. The Morgan fingerprint density at radius 3 is 2.80 bits per heavy atom. The highest BCUT2D eigenvalue weighted by atomic mass is 79.9. The zero-order chi connectivity index (χ0) is 14.2. The molecule has 0 unspecified atom stereocenters. The zero-order valence-corrected chi connectivity index (χ0v) is 13.3. The van der Waals surface area contributed by atoms with E-state index in [9.17, 15) is 8.42 Å². The van der Waals surface area contributed by atoms with Crippen LogP contribution in [0, 0.1) is 0 Å². The van der Waals surface area contributed by atoms with E-state index in [2.05, 4.69) is 25.6 Å². The molecule has 0 saturated carbocycles. The van der Waals surface area contributed by atoms with Crippen molar-refractivity contribution in [3.8, 4) is 0 Å². The van der Waals surface area contributed by atoms with Crippen molar-refractivity contribution in [3.05, 3.63) is 52.6 Å². The van der Waals surface area contributed by atoms with Crippen molar-refractivity contribution < 1.29 is 8.42 Å². The summed E-state index contributed by atoms with van der Waals surface area (Å²) in [6.07, 6.45) is 3.34. The third kappa shape index (κ3) is 2.44. The second-order valence-corrected chi connectivity index (χ2v) is 7.71. The average molecular weight is 369 g/mol. The van der Waals surface area contributed by atoms with E-state index in [4.69, 9.17) is 0 Å². The minimum Gasteiger partial charge on any atom is -0.278 e. The number of benzene rings is 1. The van der Waals surface area contributed by atoms with Crippen LogP contribution in [0.5, 0.6) is 0 Å². The van der Waals surface area contributed by atoms with E-state index >= 15 is 0 Å². The van der Waals surface area contributed by atoms with Gasteiger partial charge < -0.3 is 0 Å². The monoisotopic (exact) mass is 368 g/mol. The van der Waals surface area contributed by atoms with E-state index in [-0.39, 0.29) is 4.21 Å². The Morgan fingerprint density at radius 2 is 2.05 bits per heavy atom. The van der Waals surface area contributed by atoms with E-state index in [1.807, 2.05) is 6.07 Å². The Hall–Kier alpha value is -1.44. The summed E-state index contributed by atoms with van der Waals surface area (Å²) >= 11 is 4.42. The standard InChI is InChI=1S/C13H9BrN2O2S2/c14-11-5-7-19-13(11)20(17,18)16-12-3-1-2-9-8-15-6-4-10(9)12/h1-8,16H. The van der Waals surface area contributed by atoms with Gasteiger partial charge in [0.1, 0.15) is 0 Å². The highest BCUT2D eigenvalue weighted by Crippen LogP contribution is 2.31. The number of thiophene rings is 1. The van der Waals surface area contributed by atoms with Gasteiger partial charge in [0.05, 0.1) is 5.69 Å². The number of sulfonamides is 1. The van der Waals surface area contributed by atoms with Crippen molar-refractivity contribution in [3.63, 3.8) is 0 Å². The first-order valence-corrected chi connectivity index (χ1v) is 8.82. The first-order chi connectivity index (χ1) is 9.58. The fourth-order valence-corrected chi connectivity index (χ4v) is 5.29. The van der Waals surface area contributed by atoms with Gasteiger partial charge >= 0.3 is 0 Å². The molecule has 2 aromatic heterocycles. The highest BCUT2D eigenvalue weighted by Gasteiger charge is 2.20. The Labute approximate surface area is 128 Å². The molecule has 7 heteroatoms. The van der Waals surface area contributed by atoms with Crippen molar-refractivity contribution >= 4 is 53.7 Å². The molecule has 0 bridgehead atoms. The van der Waals surface area contributed by atoms with Crippen LogP contribution < -0.4 is 4.72 Å². The Balaban J connectivity index is 2.08. The minimum absolute atomic E-state index is 0.267. The van der Waals surface area contributed by atoms with Crippen molar-refractivity contribution in [2.45, 2.75) is 4.21 Å². The molecule has 2 heterocycles. The van der Waals surface area contributed by atoms with Crippen molar-refractivity contribution in [2.75, 3.05) is 4.72 Å². The third-order valence-electron chi connectivity index (χ3n) is 2.75. The van der Waals surface area contributed by atoms with Crippen molar-refractivity contribution in [2.24, 2.45) is 0 Å². The summed E-state index contributed by atoms with van der Waals surface area (Å²) in [4.78, 5) is 4.03. The van der Waals surface area contributed by atoms with Crippen molar-refractivity contribution in [1.29, 1.82) is 0 Å². The number of halogens is 1. The largest absolute Gasteiger partial charge is 0.278 e. The predicted molar refractivity (Wildman–Crippen MR) is 84.6 cm³/mol. The number of fused-ring (bicyclic) bond motifs is 1. The first-order valence-electron chi connectivity index (χ1n) is 5.66. The number of pyridine rings is 1. The normalized spacial score (nSPS) is 11.7. The summed E-state index contributed by atoms with van der Waals surface area (Å²) in [5.74, 6) is 0. The summed E-state index contributed by atoms with van der Waals surface area (Å²) in [5, 5.41) is 3.43. The molecule has 0 saturated heterocycles. The van der Waals surface area contributed by atoms with Gasteiger partial charge in [0, 0.05) is 27.6 Å². The van der Waals surface area contributed by atoms with Crippen molar-refractivity contribution in [1.82, 2.24) is 4.98 Å². The maximum atomic E-state index is 12.4. The fraction of sp³-hybridized carbons (Fsp3) is 0. The molecule has 3 rings (SSSR count). The molecule has 1 aromatic carbocycles. The fourth-order valence-electron chi connectivity index (χ4n) is 1.87. The van der Waals surface area contributed by atoms with Crippen LogP contribution in [0.15, 0.2) is 56.8 Å². The van der Waals surface area contributed by atoms with E-state index in [0.717, 1.165) is 10.8 Å². The minimum atomic E-state index is -3.59. The van der Waals surface area contributed by atoms with Gasteiger partial charge in [0.25, 0.3) is 10.0 Å². The van der Waals surface area contributed by atoms with E-state index in [0.29, 0.717) is 10.2 Å². The van der Waals surface area contributed by atoms with E-state index < -0.39 is 10.0 Å². The Kier molecular flexibility index (Phi) is 3.49. The smallest absolute Gasteiger partial charge is 0.272 e. The molecular weight excluding hydrogens is 360 g/mol. The number of nitrogens with one attached hydrogen (secondary N) is 1. The van der Waals surface area contributed by atoms with Gasteiger partial charge in [-0.2, -0.15) is 0 Å². The molecule has 0 atom stereocenters. The molecule has 1 N–H and O–H groups in total. The Morgan fingerprint density at radius 1 is 1.20 bits per heavy atom. The van der Waals surface area contributed by atoms with Crippen LogP contribution in [0.25, 0.3) is 10.8 Å². The maximum Gasteiger partial charge on any atom is 0.272 e. The second-order valence-electron chi connectivity index (χ2n) is 4.06. The SMILES string of the molecule is O=S(=O)(Nc1cccc2cnccc12)c1sccc1Br. The quantitative estimate of drug-likeness (QED) is 0.763. The van der Waals surface area contributed by atoms with Crippen LogP contribution in [0.1, 0.15) is 0 Å². The summed E-state index contributed by atoms with van der Waals surface area (Å²) in [5.41, 5.74) is 0.546. The number of rotatable bonds is 3. The lowest BCUT2D eigenvalue weighted by Gasteiger charge is -2.09. The van der Waals surface area contributed by atoms with Crippen LogP contribution >= 0.6 is 27.3 Å². The van der Waals surface area contributed by atoms with Crippen LogP contribution in [0.2, 0.25) is 0 Å². The van der Waals surface area contributed by atoms with Gasteiger partial charge in [-0.05, 0) is 39.5 Å². The van der Waals surface area contributed by atoms with Crippen LogP contribution in [0.3, 0.4) is 0 Å². The molecule has 0 spiro atoms. The molecule has 4 nitrogen and oxygen atoms in total. The lowest BCUT2D eigenvalue weighted by molar-refractivity contribution is 0.603. The highest BCUT2D eigenvalue weighted by molar-refractivity contribution is 9.10. The first kappa shape index (κ1) is 13.5. The molecule has 0 radical (unpaired) electrons. The van der Waals surface area contributed by atoms with Gasteiger partial charge in [-0.1, -0.05) is 12.1 Å². The lowest BCUT2D eigenvalue weighted by atomic mass is 10.1. The number of anilines is 1. The van der Waals surface area contributed by atoms with Gasteiger partial charge in [-0.25, -0.2) is 8.42 Å². The Bertz CT molecular complexity index is 869. The molecular formula is C13H9BrN2O2S2. The number of hydrogen-bond acceptors (Lipinski definition) is 4. The average Bonchev–Trinajstić information content (AvgIpc) is 2.86. The summed E-state index contributed by atoms with van der Waals surface area (Å²) in [6, 6.07) is 8.93. The number of nitrogens with zero attached hydrogens (tertiary/aromatic N) is 1. The predicted octanol–water partition coefficient (Wildman–Crippen LogP) is 3.86. The number of aromatic nitrogens is 1. The molecule has 0 aliphatic carbocycles. The third-order valence-corrected chi connectivity index (χ3v) is 6.79. The summed E-state index contributed by atoms with van der Waals surface area (Å²) < 4.78 is 28.2. The lowest BCUT2D eigenvalue weighted by Crippen LogP contribution is -2.12. The summed E-state index contributed by atoms with van der Waals surface area (Å²) in [7, 11) is -3.59. The molecule has 102 valence electrons. The van der Waals surface area contributed by atoms with E-state index in [1.54, 1.807) is 42.0 Å². The van der Waals surface area contributed by atoms with Gasteiger partial charge in [-0.15, -0.1) is 11.3 Å². The zero-order valence-electron chi connectivity index (χ0n) is 10.1. The topological polar surface area (TPSA) is 59.1 Å². The molecule has 0 aliphatic rings. The second kappa shape index (κ2) is 5.16. The van der Waals surface area contributed by atoms with Crippen LogP contribution in [-0.2, 0) is 10.0 Å². The van der Waals surface area contributed by atoms with Gasteiger partial charge in [0.15, 0.2) is 4.21 Å². The molecule has 20 heavy (non-hydrogen) atoms. The van der Waals surface area contributed by atoms with E-state index in [1.165, 1.54) is 11.3 Å². The summed E-state index contributed by atoms with van der Waals surface area (Å²) in [6.45, 7) is 0. The van der Waals surface area contributed by atoms with Gasteiger partial charge in [-0.3, -0.25) is 9.71 Å². The number of hydrogen-bond donors (Lipinski definition) is 1. The molecule has 0 fully saturated rings. The van der Waals surface area contributed by atoms with Gasteiger partial charge in [0.2, 0.25) is 0 Å². The van der Waals surface area contributed by atoms with Crippen LogP contribution in [-0.4, -0.2) is 13.4 Å². The molecule has 0 aliphatic heterocycles. The molecule has 0 amide bonds. The van der Waals surface area contributed by atoms with Crippen LogP contribution in [0.4, 0.5) is 5.69 Å². The molecule has 3 aromatic rings.